The largest absolute Gasteiger partial charge is 0.363 e. The van der Waals surface area contributed by atoms with Crippen LogP contribution in [0.15, 0.2) is 0 Å². The van der Waals surface area contributed by atoms with Gasteiger partial charge in [-0.15, -0.1) is 0 Å². The van der Waals surface area contributed by atoms with E-state index in [0.717, 1.165) is 6.42 Å². The number of hydrogen-bond acceptors (Lipinski definition) is 2. The number of hydrogen-bond donors (Lipinski definition) is 1. The molecule has 2 aliphatic carbocycles. The van der Waals surface area contributed by atoms with Crippen molar-refractivity contribution in [3.8, 4) is 0 Å². The average Bonchev–Trinajstić information content (AvgIpc) is 2.54. The lowest BCUT2D eigenvalue weighted by molar-refractivity contribution is -0.114. The van der Waals surface area contributed by atoms with Crippen molar-refractivity contribution in [3.63, 3.8) is 0 Å². The second-order valence-electron chi connectivity index (χ2n) is 5.43. The van der Waals surface area contributed by atoms with Crippen LogP contribution >= 0.6 is 0 Å². The van der Waals surface area contributed by atoms with Gasteiger partial charge >= 0.3 is 0 Å². The molecule has 2 nitrogen and oxygen atoms in total. The number of rotatable bonds is 0. The molecule has 1 N–H and O–H groups in total. The van der Waals surface area contributed by atoms with E-state index >= 15 is 0 Å². The fourth-order valence-corrected chi connectivity index (χ4v) is 3.67. The van der Waals surface area contributed by atoms with E-state index in [1.54, 1.807) is 0 Å². The van der Waals surface area contributed by atoms with Crippen LogP contribution < -0.4 is 0 Å². The van der Waals surface area contributed by atoms with Gasteiger partial charge in [0.1, 0.15) is 6.10 Å². The van der Waals surface area contributed by atoms with Crippen molar-refractivity contribution in [2.24, 2.45) is 16.7 Å². The molecule has 12 heavy (non-hydrogen) atoms. The molecule has 1 aliphatic heterocycles. The van der Waals surface area contributed by atoms with Crippen molar-refractivity contribution in [3.05, 3.63) is 0 Å². The molecular formula is C10H16O2. The van der Waals surface area contributed by atoms with Gasteiger partial charge in [-0.05, 0) is 24.2 Å². The normalized spacial score (nSPS) is 65.0. The SMILES string of the molecule is CC1(C)[C@H]2CC[C@@]1(C)[C@]1(O)OC21. The summed E-state index contributed by atoms with van der Waals surface area (Å²) in [5.74, 6) is -0.160. The lowest BCUT2D eigenvalue weighted by Crippen LogP contribution is -2.40. The van der Waals surface area contributed by atoms with E-state index in [9.17, 15) is 5.11 Å². The second-order valence-corrected chi connectivity index (χ2v) is 5.43. The number of aliphatic hydroxyl groups is 1. The maximum absolute atomic E-state index is 10.1. The smallest absolute Gasteiger partial charge is 0.199 e. The van der Waals surface area contributed by atoms with E-state index in [4.69, 9.17) is 4.74 Å². The zero-order chi connectivity index (χ0) is 8.78. The van der Waals surface area contributed by atoms with Crippen molar-refractivity contribution in [2.75, 3.05) is 0 Å². The first-order chi connectivity index (χ1) is 5.43. The van der Waals surface area contributed by atoms with Gasteiger partial charge in [-0.25, -0.2) is 0 Å². The van der Waals surface area contributed by atoms with Gasteiger partial charge in [0.25, 0.3) is 0 Å². The van der Waals surface area contributed by atoms with Crippen LogP contribution in [0.3, 0.4) is 0 Å². The van der Waals surface area contributed by atoms with E-state index in [0.29, 0.717) is 5.92 Å². The lowest BCUT2D eigenvalue weighted by Gasteiger charge is -2.38. The zero-order valence-electron chi connectivity index (χ0n) is 7.92. The third-order valence-electron chi connectivity index (χ3n) is 5.10. The van der Waals surface area contributed by atoms with Gasteiger partial charge in [0.05, 0.1) is 0 Å². The van der Waals surface area contributed by atoms with Gasteiger partial charge in [0.2, 0.25) is 0 Å². The van der Waals surface area contributed by atoms with Gasteiger partial charge in [0, 0.05) is 5.41 Å². The van der Waals surface area contributed by atoms with Crippen LogP contribution in [-0.4, -0.2) is 17.0 Å². The molecule has 4 atom stereocenters. The Kier molecular flexibility index (Phi) is 0.906. The van der Waals surface area contributed by atoms with Gasteiger partial charge in [0.15, 0.2) is 5.79 Å². The van der Waals surface area contributed by atoms with Crippen molar-refractivity contribution in [1.29, 1.82) is 0 Å². The Morgan fingerprint density at radius 2 is 2.00 bits per heavy atom. The molecule has 3 aliphatic rings. The molecule has 0 spiro atoms. The van der Waals surface area contributed by atoms with E-state index in [1.165, 1.54) is 6.42 Å². The molecule has 3 rings (SSSR count). The number of ether oxygens (including phenoxy) is 1. The van der Waals surface area contributed by atoms with Crippen molar-refractivity contribution >= 4 is 0 Å². The molecule has 1 saturated heterocycles. The summed E-state index contributed by atoms with van der Waals surface area (Å²) in [6.07, 6.45) is 2.51. The van der Waals surface area contributed by atoms with Crippen LogP contribution in [0, 0.1) is 16.7 Å². The fraction of sp³-hybridized carbons (Fsp3) is 1.00. The van der Waals surface area contributed by atoms with Crippen LogP contribution in [0.5, 0.6) is 0 Å². The van der Waals surface area contributed by atoms with E-state index in [-0.39, 0.29) is 16.9 Å². The summed E-state index contributed by atoms with van der Waals surface area (Å²) >= 11 is 0. The molecule has 0 radical (unpaired) electrons. The van der Waals surface area contributed by atoms with E-state index < -0.39 is 5.79 Å². The predicted molar refractivity (Wildman–Crippen MR) is 44.4 cm³/mol. The van der Waals surface area contributed by atoms with E-state index in [2.05, 4.69) is 20.8 Å². The molecule has 1 heterocycles. The molecule has 3 fully saturated rings. The maximum Gasteiger partial charge on any atom is 0.199 e. The fourth-order valence-electron chi connectivity index (χ4n) is 3.67. The second kappa shape index (κ2) is 1.48. The number of epoxide rings is 1. The molecule has 68 valence electrons. The molecule has 2 bridgehead atoms. The van der Waals surface area contributed by atoms with Gasteiger partial charge in [-0.1, -0.05) is 20.8 Å². The highest BCUT2D eigenvalue weighted by atomic mass is 16.7. The van der Waals surface area contributed by atoms with Crippen molar-refractivity contribution in [1.82, 2.24) is 0 Å². The third-order valence-corrected chi connectivity index (χ3v) is 5.10. The van der Waals surface area contributed by atoms with Crippen LogP contribution in [-0.2, 0) is 4.74 Å². The van der Waals surface area contributed by atoms with E-state index in [1.807, 2.05) is 0 Å². The zero-order valence-corrected chi connectivity index (χ0v) is 7.92. The Morgan fingerprint density at radius 1 is 1.33 bits per heavy atom. The first kappa shape index (κ1) is 7.34. The predicted octanol–water partition coefficient (Wildman–Crippen LogP) is 1.53. The quantitative estimate of drug-likeness (QED) is 0.556. The Balaban J connectivity index is 2.16. The van der Waals surface area contributed by atoms with Crippen LogP contribution in [0.4, 0.5) is 0 Å². The van der Waals surface area contributed by atoms with Crippen LogP contribution in [0.1, 0.15) is 33.6 Å². The monoisotopic (exact) mass is 168 g/mol. The molecule has 0 amide bonds. The molecule has 0 aromatic heterocycles. The topological polar surface area (TPSA) is 32.8 Å². The summed E-state index contributed by atoms with van der Waals surface area (Å²) < 4.78 is 5.42. The Morgan fingerprint density at radius 3 is 2.33 bits per heavy atom. The molecule has 2 heteroatoms. The minimum atomic E-state index is -0.751. The van der Waals surface area contributed by atoms with Gasteiger partial charge in [-0.2, -0.15) is 0 Å². The highest BCUT2D eigenvalue weighted by molar-refractivity contribution is 5.26. The Bertz CT molecular complexity index is 261. The highest BCUT2D eigenvalue weighted by Crippen LogP contribution is 2.77. The highest BCUT2D eigenvalue weighted by Gasteiger charge is 2.83. The Hall–Kier alpha value is -0.0800. The van der Waals surface area contributed by atoms with Crippen molar-refractivity contribution in [2.45, 2.75) is 45.5 Å². The summed E-state index contributed by atoms with van der Waals surface area (Å²) in [6.45, 7) is 6.73. The van der Waals surface area contributed by atoms with Crippen LogP contribution in [0.2, 0.25) is 0 Å². The first-order valence-corrected chi connectivity index (χ1v) is 4.84. The summed E-state index contributed by atoms with van der Waals surface area (Å²) in [4.78, 5) is 0. The summed E-state index contributed by atoms with van der Waals surface area (Å²) in [5.41, 5.74) is 0.278. The van der Waals surface area contributed by atoms with Gasteiger partial charge in [-0.3, -0.25) is 0 Å². The molecule has 1 unspecified atom stereocenters. The summed E-state index contributed by atoms with van der Waals surface area (Å²) in [6, 6.07) is 0. The van der Waals surface area contributed by atoms with Crippen molar-refractivity contribution < 1.29 is 9.84 Å². The standard InChI is InChI=1S/C10H16O2/c1-8(2)6-4-5-9(8,3)10(11)7(6)12-10/h6-7,11H,4-5H2,1-3H3/t6-,7?,9+,10+/m0/s1. The Labute approximate surface area is 72.9 Å². The van der Waals surface area contributed by atoms with Crippen LogP contribution in [0.25, 0.3) is 0 Å². The molecule has 0 aromatic carbocycles. The molecule has 0 aromatic rings. The lowest BCUT2D eigenvalue weighted by atomic mass is 9.69. The molecular weight excluding hydrogens is 152 g/mol. The number of fused-ring (bicyclic) bond motifs is 5. The maximum atomic E-state index is 10.1. The first-order valence-electron chi connectivity index (χ1n) is 4.84. The third kappa shape index (κ3) is 0.428. The minimum absolute atomic E-state index is 0.00926. The summed E-state index contributed by atoms with van der Waals surface area (Å²) in [5, 5.41) is 10.1. The average molecular weight is 168 g/mol. The summed E-state index contributed by atoms with van der Waals surface area (Å²) in [7, 11) is 0. The van der Waals surface area contributed by atoms with Gasteiger partial charge < -0.3 is 9.84 Å². The minimum Gasteiger partial charge on any atom is -0.363 e. The molecule has 2 saturated carbocycles.